The molecule has 1 aromatic heterocycles. The second kappa shape index (κ2) is 9.36. The summed E-state index contributed by atoms with van der Waals surface area (Å²) in [5.41, 5.74) is 0.723. The van der Waals surface area contributed by atoms with Crippen LogP contribution in [0.1, 0.15) is 43.1 Å². The number of amides is 3. The first-order valence-electron chi connectivity index (χ1n) is 11.6. The first-order chi connectivity index (χ1) is 17.5. The fourth-order valence-electron chi connectivity index (χ4n) is 4.68. The summed E-state index contributed by atoms with van der Waals surface area (Å²) in [6.45, 7) is 1.53. The molecule has 2 aromatic carbocycles. The molecule has 0 radical (unpaired) electrons. The Balaban J connectivity index is 1.55. The molecule has 3 amide bonds. The van der Waals surface area contributed by atoms with E-state index in [-0.39, 0.29) is 51.1 Å². The molecule has 37 heavy (non-hydrogen) atoms. The van der Waals surface area contributed by atoms with E-state index in [4.69, 9.17) is 11.6 Å². The average Bonchev–Trinajstić information content (AvgIpc) is 3.00. The highest BCUT2D eigenvalue weighted by Gasteiger charge is 2.32. The Morgan fingerprint density at radius 2 is 1.86 bits per heavy atom. The van der Waals surface area contributed by atoms with Crippen LogP contribution in [0.4, 0.5) is 11.4 Å². The van der Waals surface area contributed by atoms with Gasteiger partial charge in [-0.3, -0.25) is 29.1 Å². The van der Waals surface area contributed by atoms with Crippen molar-refractivity contribution < 1.29 is 23.1 Å². The van der Waals surface area contributed by atoms with Crippen molar-refractivity contribution in [3.8, 4) is 0 Å². The number of fused-ring (bicyclic) bond motifs is 2. The van der Waals surface area contributed by atoms with Gasteiger partial charge in [-0.15, -0.1) is 0 Å². The van der Waals surface area contributed by atoms with Crippen LogP contribution in [-0.4, -0.2) is 31.8 Å². The number of halogens is 1. The van der Waals surface area contributed by atoms with Gasteiger partial charge in [-0.2, -0.15) is 0 Å². The molecule has 1 saturated heterocycles. The van der Waals surface area contributed by atoms with Crippen molar-refractivity contribution >= 4 is 62.0 Å². The average molecular weight is 544 g/mol. The highest BCUT2D eigenvalue weighted by atomic mass is 35.5. The van der Waals surface area contributed by atoms with Gasteiger partial charge < -0.3 is 9.87 Å². The molecule has 3 N–H and O–H groups in total. The van der Waals surface area contributed by atoms with E-state index in [1.165, 1.54) is 41.8 Å². The van der Waals surface area contributed by atoms with E-state index in [2.05, 4.69) is 20.3 Å². The summed E-state index contributed by atoms with van der Waals surface area (Å²) in [6, 6.07) is 6.38. The van der Waals surface area contributed by atoms with Gasteiger partial charge >= 0.3 is 0 Å². The van der Waals surface area contributed by atoms with Crippen molar-refractivity contribution in [3.63, 3.8) is 0 Å². The molecule has 13 heteroatoms. The molecule has 5 rings (SSSR count). The summed E-state index contributed by atoms with van der Waals surface area (Å²) in [6.07, 6.45) is 1.76. The summed E-state index contributed by atoms with van der Waals surface area (Å²) in [5.74, 6) is -1.03. The zero-order valence-electron chi connectivity index (χ0n) is 19.6. The highest BCUT2D eigenvalue weighted by Crippen LogP contribution is 2.35. The number of piperidine rings is 1. The minimum absolute atomic E-state index is 0.00742. The van der Waals surface area contributed by atoms with Crippen molar-refractivity contribution in [2.75, 3.05) is 10.0 Å². The summed E-state index contributed by atoms with van der Waals surface area (Å²) in [7, 11) is -4.25. The van der Waals surface area contributed by atoms with Gasteiger partial charge in [0.1, 0.15) is 23.1 Å². The molecule has 2 unspecified atom stereocenters. The van der Waals surface area contributed by atoms with Crippen LogP contribution in [0.15, 0.2) is 40.0 Å². The maximum Gasteiger partial charge on any atom is 0.262 e. The Hall–Kier alpha value is -3.61. The normalized spacial score (nSPS) is 19.4. The molecular formula is C24H22ClN5O6S. The van der Waals surface area contributed by atoms with Gasteiger partial charge in [-0.05, 0) is 49.9 Å². The molecule has 1 fully saturated rings. The number of nitrogens with zero attached hydrogens (tertiary/aromatic N) is 2. The SMILES string of the molecule is Cc1nc2c(N[S+](=O)([O-])c3cc4c(cc3Cl)CCCC(=O)N4)cccc2c(=O)n1C1CCC(=O)NC1=O. The third kappa shape index (κ3) is 4.63. The van der Waals surface area contributed by atoms with E-state index < -0.39 is 33.8 Å². The topological polar surface area (TPSA) is 162 Å². The van der Waals surface area contributed by atoms with E-state index in [9.17, 15) is 27.9 Å². The lowest BCUT2D eigenvalue weighted by Crippen LogP contribution is -2.45. The van der Waals surface area contributed by atoms with Crippen LogP contribution >= 0.6 is 11.6 Å². The molecule has 0 spiro atoms. The minimum atomic E-state index is -4.25. The second-order valence-corrected chi connectivity index (χ2v) is 11.0. The van der Waals surface area contributed by atoms with Gasteiger partial charge in [-0.25, -0.2) is 9.71 Å². The lowest BCUT2D eigenvalue weighted by atomic mass is 10.1. The molecule has 2 aliphatic rings. The molecule has 3 heterocycles. The molecule has 0 bridgehead atoms. The molecule has 192 valence electrons. The van der Waals surface area contributed by atoms with Crippen molar-refractivity contribution in [1.82, 2.24) is 14.9 Å². The lowest BCUT2D eigenvalue weighted by molar-refractivity contribution is -0.135. The first-order valence-corrected chi connectivity index (χ1v) is 13.4. The number of sulfonamides is 1. The van der Waals surface area contributed by atoms with E-state index in [1.807, 2.05) is 0 Å². The smallest absolute Gasteiger partial charge is 0.262 e. The zero-order valence-corrected chi connectivity index (χ0v) is 21.2. The molecular weight excluding hydrogens is 522 g/mol. The third-order valence-corrected chi connectivity index (χ3v) is 8.28. The van der Waals surface area contributed by atoms with Crippen molar-refractivity contribution in [2.24, 2.45) is 0 Å². The van der Waals surface area contributed by atoms with Gasteiger partial charge in [-0.1, -0.05) is 21.9 Å². The molecule has 0 aliphatic carbocycles. The van der Waals surface area contributed by atoms with E-state index in [0.29, 0.717) is 24.9 Å². The summed E-state index contributed by atoms with van der Waals surface area (Å²) < 4.78 is 30.4. The molecule has 3 aromatic rings. The Morgan fingerprint density at radius 1 is 1.11 bits per heavy atom. The quantitative estimate of drug-likeness (QED) is 0.336. The predicted molar refractivity (Wildman–Crippen MR) is 136 cm³/mol. The van der Waals surface area contributed by atoms with Crippen molar-refractivity contribution in [1.29, 1.82) is 0 Å². The molecule has 0 saturated carbocycles. The Morgan fingerprint density at radius 3 is 2.62 bits per heavy atom. The number of imide groups is 1. The first kappa shape index (κ1) is 25.1. The fraction of sp³-hybridized carbons (Fsp3) is 0.292. The number of para-hydroxylation sites is 1. The van der Waals surface area contributed by atoms with E-state index >= 15 is 0 Å². The maximum absolute atomic E-state index is 13.4. The number of rotatable bonds is 4. The Labute approximate surface area is 217 Å². The number of anilines is 2. The predicted octanol–water partition coefficient (Wildman–Crippen LogP) is 2.63. The van der Waals surface area contributed by atoms with Gasteiger partial charge in [0, 0.05) is 24.6 Å². The van der Waals surface area contributed by atoms with E-state index in [0.717, 1.165) is 5.56 Å². The molecule has 2 aliphatic heterocycles. The third-order valence-electron chi connectivity index (χ3n) is 6.44. The van der Waals surface area contributed by atoms with E-state index in [1.54, 1.807) is 0 Å². The van der Waals surface area contributed by atoms with Crippen LogP contribution in [0.2, 0.25) is 5.02 Å². The minimum Gasteiger partial charge on any atom is -0.588 e. The number of aromatic nitrogens is 2. The fourth-order valence-corrected chi connectivity index (χ4v) is 6.33. The van der Waals surface area contributed by atoms with Gasteiger partial charge in [0.05, 0.1) is 10.4 Å². The van der Waals surface area contributed by atoms with Crippen LogP contribution in [-0.2, 0) is 35.4 Å². The number of benzene rings is 2. The monoisotopic (exact) mass is 543 g/mol. The lowest BCUT2D eigenvalue weighted by Gasteiger charge is -2.25. The second-order valence-electron chi connectivity index (χ2n) is 8.95. The largest absolute Gasteiger partial charge is 0.588 e. The summed E-state index contributed by atoms with van der Waals surface area (Å²) >= 11 is 6.34. The van der Waals surface area contributed by atoms with Crippen LogP contribution in [0, 0.1) is 6.92 Å². The summed E-state index contributed by atoms with van der Waals surface area (Å²) in [4.78, 5) is 53.5. The number of carbonyl (C=O) groups is 3. The van der Waals surface area contributed by atoms with Crippen molar-refractivity contribution in [3.05, 3.63) is 57.1 Å². The van der Waals surface area contributed by atoms with Crippen LogP contribution < -0.4 is 20.9 Å². The summed E-state index contributed by atoms with van der Waals surface area (Å²) in [5, 5.41) is 5.03. The van der Waals surface area contributed by atoms with Crippen LogP contribution in [0.5, 0.6) is 0 Å². The van der Waals surface area contributed by atoms with Gasteiger partial charge in [0.2, 0.25) is 22.6 Å². The van der Waals surface area contributed by atoms with Gasteiger partial charge in [0.15, 0.2) is 10.4 Å². The van der Waals surface area contributed by atoms with Crippen molar-refractivity contribution in [2.45, 2.75) is 50.0 Å². The van der Waals surface area contributed by atoms with Gasteiger partial charge in [0.25, 0.3) is 5.56 Å². The number of nitrogens with one attached hydrogen (secondary N) is 3. The number of aryl methyl sites for hydroxylation is 2. The number of hydrogen-bond acceptors (Lipinski definition) is 7. The number of carbonyl (C=O) groups excluding carboxylic acids is 3. The van der Waals surface area contributed by atoms with Crippen LogP contribution in [0.3, 0.4) is 0 Å². The Kier molecular flexibility index (Phi) is 6.34. The maximum atomic E-state index is 13.4. The highest BCUT2D eigenvalue weighted by molar-refractivity contribution is 7.99. The number of hydrogen-bond donors (Lipinski definition) is 3. The zero-order chi connectivity index (χ0) is 26.5. The van der Waals surface area contributed by atoms with Crippen LogP contribution in [0.25, 0.3) is 10.9 Å². The Bertz CT molecular complexity index is 1600. The molecule has 11 nitrogen and oxygen atoms in total. The standard InChI is InChI=1S/C24H22ClN5O6S/c1-12-26-22-14(24(34)30(12)18-8-9-21(32)28-23(18)33)5-3-6-16(22)29-37(35,36)19-11-17-13(10-15(19)25)4-2-7-20(31)27-17/h3,5-6,10-11,18H,2,4,7-9H2,1H3,(H3-,27,28,29,31,32,33,35,36). The molecule has 2 atom stereocenters.